The molecule has 0 aromatic heterocycles. The maximum Gasteiger partial charge on any atom is 0.304 e. The van der Waals surface area contributed by atoms with Crippen LogP contribution in [0.5, 0.6) is 0 Å². The van der Waals surface area contributed by atoms with Crippen LogP contribution in [0.15, 0.2) is 22.7 Å². The summed E-state index contributed by atoms with van der Waals surface area (Å²) < 4.78 is 6.53. The Bertz CT molecular complexity index is 502. The molecule has 1 aromatic rings. The molecule has 0 amide bonds. The van der Waals surface area contributed by atoms with Crippen LogP contribution in [0.2, 0.25) is 0 Å². The molecule has 1 saturated carbocycles. The van der Waals surface area contributed by atoms with Gasteiger partial charge in [0.2, 0.25) is 0 Å². The maximum atomic E-state index is 11.0. The first kappa shape index (κ1) is 13.1. The van der Waals surface area contributed by atoms with E-state index in [4.69, 9.17) is 9.84 Å². The van der Waals surface area contributed by atoms with Crippen LogP contribution in [0.3, 0.4) is 0 Å². The number of carboxylic acids is 1. The van der Waals surface area contributed by atoms with E-state index in [1.54, 1.807) is 0 Å². The fraction of sp³-hybridized carbons (Fsp3) is 0.533. The van der Waals surface area contributed by atoms with Crippen molar-refractivity contribution in [3.63, 3.8) is 0 Å². The number of carboxylic acid groups (broad SMARTS) is 1. The highest BCUT2D eigenvalue weighted by Crippen LogP contribution is 2.52. The maximum absolute atomic E-state index is 11.0. The molecule has 1 unspecified atom stereocenters. The second-order valence-electron chi connectivity index (χ2n) is 5.65. The van der Waals surface area contributed by atoms with Crippen LogP contribution in [0.4, 0.5) is 0 Å². The number of hydrogen-bond donors (Lipinski definition) is 1. The lowest BCUT2D eigenvalue weighted by Gasteiger charge is -2.17. The van der Waals surface area contributed by atoms with Gasteiger partial charge in [-0.2, -0.15) is 0 Å². The summed E-state index contributed by atoms with van der Waals surface area (Å²) >= 11 is 3.64. The molecule has 1 aliphatic carbocycles. The van der Waals surface area contributed by atoms with E-state index >= 15 is 0 Å². The largest absolute Gasteiger partial charge is 0.481 e. The molecule has 2 aliphatic rings. The molecule has 3 rings (SSSR count). The van der Waals surface area contributed by atoms with E-state index in [-0.39, 0.29) is 11.8 Å². The lowest BCUT2D eigenvalue weighted by atomic mass is 9.89. The third-order valence-electron chi connectivity index (χ3n) is 4.33. The molecule has 0 bridgehead atoms. The van der Waals surface area contributed by atoms with Crippen molar-refractivity contribution in [1.29, 1.82) is 0 Å². The zero-order chi connectivity index (χ0) is 13.5. The van der Waals surface area contributed by atoms with E-state index in [1.807, 2.05) is 0 Å². The molecule has 1 heterocycles. The monoisotopic (exact) mass is 324 g/mol. The minimum absolute atomic E-state index is 0.112. The summed E-state index contributed by atoms with van der Waals surface area (Å²) in [5.41, 5.74) is 2.33. The smallest absolute Gasteiger partial charge is 0.304 e. The molecule has 0 spiro atoms. The number of hydrogen-bond acceptors (Lipinski definition) is 2. The SMILES string of the molecule is O=C(O)CC1(c2ccc(C3CCOC3)c(Br)c2)CC1. The summed E-state index contributed by atoms with van der Waals surface area (Å²) in [5, 5.41) is 9.02. The Hall–Kier alpha value is -0.870. The summed E-state index contributed by atoms with van der Waals surface area (Å²) in [7, 11) is 0. The van der Waals surface area contributed by atoms with E-state index in [0.29, 0.717) is 5.92 Å². The van der Waals surface area contributed by atoms with Gasteiger partial charge in [-0.15, -0.1) is 0 Å². The van der Waals surface area contributed by atoms with Crippen LogP contribution >= 0.6 is 15.9 Å². The van der Waals surface area contributed by atoms with E-state index < -0.39 is 5.97 Å². The molecule has 1 saturated heterocycles. The molecule has 0 radical (unpaired) electrons. The van der Waals surface area contributed by atoms with Gasteiger partial charge in [-0.1, -0.05) is 28.1 Å². The van der Waals surface area contributed by atoms with Gasteiger partial charge in [0.15, 0.2) is 0 Å². The topological polar surface area (TPSA) is 46.5 Å². The van der Waals surface area contributed by atoms with Crippen LogP contribution in [0, 0.1) is 0 Å². The van der Waals surface area contributed by atoms with Crippen molar-refractivity contribution in [2.45, 2.75) is 37.0 Å². The van der Waals surface area contributed by atoms with E-state index in [0.717, 1.165) is 42.5 Å². The van der Waals surface area contributed by atoms with Gasteiger partial charge >= 0.3 is 5.97 Å². The van der Waals surface area contributed by atoms with Gasteiger partial charge in [-0.05, 0) is 36.5 Å². The Kier molecular flexibility index (Phi) is 3.39. The standard InChI is InChI=1S/C15H17BrO3/c16-13-7-11(15(4-5-15)8-14(17)18)1-2-12(13)10-3-6-19-9-10/h1-2,7,10H,3-6,8-9H2,(H,17,18). The summed E-state index contributed by atoms with van der Waals surface area (Å²) in [6.45, 7) is 1.63. The Morgan fingerprint density at radius 2 is 2.26 bits per heavy atom. The highest BCUT2D eigenvalue weighted by molar-refractivity contribution is 9.10. The zero-order valence-electron chi connectivity index (χ0n) is 10.7. The predicted molar refractivity (Wildman–Crippen MR) is 75.5 cm³/mol. The van der Waals surface area contributed by atoms with Gasteiger partial charge in [0.1, 0.15) is 0 Å². The molecule has 1 atom stereocenters. The van der Waals surface area contributed by atoms with Gasteiger partial charge in [0.25, 0.3) is 0 Å². The number of ether oxygens (including phenoxy) is 1. The molecular formula is C15H17BrO3. The number of halogens is 1. The minimum atomic E-state index is -0.707. The molecule has 1 N–H and O–H groups in total. The zero-order valence-corrected chi connectivity index (χ0v) is 12.3. The average molecular weight is 325 g/mol. The second-order valence-corrected chi connectivity index (χ2v) is 6.50. The van der Waals surface area contributed by atoms with Crippen LogP contribution in [0.1, 0.15) is 42.7 Å². The fourth-order valence-corrected chi connectivity index (χ4v) is 3.68. The first-order valence-corrected chi connectivity index (χ1v) is 7.49. The Balaban J connectivity index is 1.85. The second kappa shape index (κ2) is 4.91. The van der Waals surface area contributed by atoms with Crippen molar-refractivity contribution in [3.05, 3.63) is 33.8 Å². The first-order valence-electron chi connectivity index (χ1n) is 6.70. The number of benzene rings is 1. The first-order chi connectivity index (χ1) is 9.11. The number of carbonyl (C=O) groups is 1. The van der Waals surface area contributed by atoms with Gasteiger partial charge in [-0.3, -0.25) is 4.79 Å². The van der Waals surface area contributed by atoms with Crippen LogP contribution in [-0.4, -0.2) is 24.3 Å². The van der Waals surface area contributed by atoms with Crippen molar-refractivity contribution in [2.75, 3.05) is 13.2 Å². The van der Waals surface area contributed by atoms with Crippen LogP contribution in [0.25, 0.3) is 0 Å². The summed E-state index contributed by atoms with van der Waals surface area (Å²) in [6.07, 6.45) is 3.28. The lowest BCUT2D eigenvalue weighted by molar-refractivity contribution is -0.137. The average Bonchev–Trinajstić information content (AvgIpc) is 2.93. The number of rotatable bonds is 4. The van der Waals surface area contributed by atoms with Crippen molar-refractivity contribution >= 4 is 21.9 Å². The van der Waals surface area contributed by atoms with Crippen LogP contribution in [-0.2, 0) is 14.9 Å². The van der Waals surface area contributed by atoms with Gasteiger partial charge in [0, 0.05) is 22.4 Å². The summed E-state index contributed by atoms with van der Waals surface area (Å²) in [5.74, 6) is -0.236. The van der Waals surface area contributed by atoms with Gasteiger partial charge in [0.05, 0.1) is 13.0 Å². The Labute approximate surface area is 121 Å². The third kappa shape index (κ3) is 2.56. The summed E-state index contributed by atoms with van der Waals surface area (Å²) in [4.78, 5) is 11.0. The molecular weight excluding hydrogens is 308 g/mol. The fourth-order valence-electron chi connectivity index (χ4n) is 2.98. The summed E-state index contributed by atoms with van der Waals surface area (Å²) in [6, 6.07) is 6.36. The molecule has 2 fully saturated rings. The third-order valence-corrected chi connectivity index (χ3v) is 5.01. The molecule has 1 aromatic carbocycles. The Morgan fingerprint density at radius 3 is 2.79 bits per heavy atom. The molecule has 3 nitrogen and oxygen atoms in total. The van der Waals surface area contributed by atoms with Crippen molar-refractivity contribution in [2.24, 2.45) is 0 Å². The molecule has 4 heteroatoms. The highest BCUT2D eigenvalue weighted by Gasteiger charge is 2.46. The molecule has 19 heavy (non-hydrogen) atoms. The Morgan fingerprint density at radius 1 is 1.47 bits per heavy atom. The normalized spacial score (nSPS) is 24.4. The van der Waals surface area contributed by atoms with Crippen molar-refractivity contribution in [1.82, 2.24) is 0 Å². The molecule has 1 aliphatic heterocycles. The van der Waals surface area contributed by atoms with Crippen molar-refractivity contribution < 1.29 is 14.6 Å². The lowest BCUT2D eigenvalue weighted by Crippen LogP contribution is -2.13. The van der Waals surface area contributed by atoms with E-state index in [2.05, 4.69) is 34.1 Å². The van der Waals surface area contributed by atoms with Gasteiger partial charge < -0.3 is 9.84 Å². The van der Waals surface area contributed by atoms with E-state index in [9.17, 15) is 4.79 Å². The quantitative estimate of drug-likeness (QED) is 0.922. The van der Waals surface area contributed by atoms with E-state index in [1.165, 1.54) is 5.56 Å². The molecule has 102 valence electrons. The minimum Gasteiger partial charge on any atom is -0.481 e. The highest BCUT2D eigenvalue weighted by atomic mass is 79.9. The van der Waals surface area contributed by atoms with Crippen molar-refractivity contribution in [3.8, 4) is 0 Å². The van der Waals surface area contributed by atoms with Crippen LogP contribution < -0.4 is 0 Å². The predicted octanol–water partition coefficient (Wildman–Crippen LogP) is 3.46. The number of aliphatic carboxylic acids is 1. The van der Waals surface area contributed by atoms with Gasteiger partial charge in [-0.25, -0.2) is 0 Å².